The molecule has 0 radical (unpaired) electrons. The predicted molar refractivity (Wildman–Crippen MR) is 111 cm³/mol. The number of nitrogens with one attached hydrogen (secondary N) is 1. The van der Waals surface area contributed by atoms with E-state index in [4.69, 9.17) is 19.2 Å². The van der Waals surface area contributed by atoms with Crippen molar-refractivity contribution in [1.82, 2.24) is 29.7 Å². The molecule has 10 nitrogen and oxygen atoms in total. The SMILES string of the molecule is Cn1cc(-c2cn3nccc3c(OC34COCC(NC(=O)OC(C)(C)C)(C3)C4)n2)cn1. The highest BCUT2D eigenvalue weighted by Crippen LogP contribution is 2.48. The summed E-state index contributed by atoms with van der Waals surface area (Å²) in [6, 6.07) is 1.86. The quantitative estimate of drug-likeness (QED) is 0.683. The van der Waals surface area contributed by atoms with E-state index in [1.807, 2.05) is 46.3 Å². The highest BCUT2D eigenvalue weighted by molar-refractivity contribution is 5.69. The number of amides is 1. The summed E-state index contributed by atoms with van der Waals surface area (Å²) in [4.78, 5) is 17.1. The van der Waals surface area contributed by atoms with Crippen LogP contribution < -0.4 is 10.1 Å². The Labute approximate surface area is 179 Å². The summed E-state index contributed by atoms with van der Waals surface area (Å²) in [5.41, 5.74) is 0.751. The molecule has 1 aliphatic carbocycles. The molecule has 0 atom stereocenters. The van der Waals surface area contributed by atoms with Crippen LogP contribution in [0.25, 0.3) is 16.8 Å². The topological polar surface area (TPSA) is 105 Å². The van der Waals surface area contributed by atoms with Gasteiger partial charge in [0.25, 0.3) is 0 Å². The third-order valence-corrected chi connectivity index (χ3v) is 5.50. The van der Waals surface area contributed by atoms with Crippen molar-refractivity contribution in [2.45, 2.75) is 50.4 Å². The first-order valence-electron chi connectivity index (χ1n) is 10.3. The number of alkyl carbamates (subject to hydrolysis) is 1. The predicted octanol–water partition coefficient (Wildman–Crippen LogP) is 2.33. The van der Waals surface area contributed by atoms with E-state index in [0.29, 0.717) is 37.6 Å². The molecule has 0 unspecified atom stereocenters. The molecule has 3 aliphatic rings. The van der Waals surface area contributed by atoms with Gasteiger partial charge >= 0.3 is 6.09 Å². The molecular formula is C21H26N6O4. The molecule has 1 amide bonds. The fraction of sp³-hybridized carbons (Fsp3) is 0.524. The van der Waals surface area contributed by atoms with Crippen molar-refractivity contribution >= 4 is 11.6 Å². The molecule has 10 heteroatoms. The number of carbonyl (C=O) groups is 1. The number of hydrogen-bond donors (Lipinski definition) is 1. The van der Waals surface area contributed by atoms with Gasteiger partial charge in [0.05, 0.1) is 43.0 Å². The molecule has 0 spiro atoms. The average molecular weight is 426 g/mol. The van der Waals surface area contributed by atoms with E-state index in [2.05, 4.69) is 15.5 Å². The van der Waals surface area contributed by atoms with Gasteiger partial charge in [-0.1, -0.05) is 0 Å². The fourth-order valence-corrected chi connectivity index (χ4v) is 4.43. The lowest BCUT2D eigenvalue weighted by Gasteiger charge is -2.58. The van der Waals surface area contributed by atoms with E-state index < -0.39 is 22.8 Å². The summed E-state index contributed by atoms with van der Waals surface area (Å²) in [7, 11) is 1.86. The van der Waals surface area contributed by atoms with Gasteiger partial charge in [-0.15, -0.1) is 0 Å². The number of nitrogens with zero attached hydrogens (tertiary/aromatic N) is 5. The second kappa shape index (κ2) is 6.68. The zero-order valence-electron chi connectivity index (χ0n) is 18.1. The third kappa shape index (κ3) is 3.71. The summed E-state index contributed by atoms with van der Waals surface area (Å²) in [5.74, 6) is 0.482. The standard InChI is InChI=1S/C21H26N6O4/c1-19(2,3)31-18(28)25-20-10-21(11-20,13-29-12-20)30-17-16-5-6-22-27(16)9-15(24-17)14-7-23-26(4)8-14/h5-9H,10-13H2,1-4H3,(H,25,28). The first-order chi connectivity index (χ1) is 14.6. The molecule has 3 fully saturated rings. The minimum Gasteiger partial charge on any atom is -0.467 e. The highest BCUT2D eigenvalue weighted by Gasteiger charge is 2.62. The van der Waals surface area contributed by atoms with E-state index in [1.54, 1.807) is 21.6 Å². The maximum Gasteiger partial charge on any atom is 0.408 e. The van der Waals surface area contributed by atoms with E-state index >= 15 is 0 Å². The lowest BCUT2D eigenvalue weighted by molar-refractivity contribution is -0.194. The van der Waals surface area contributed by atoms with Gasteiger partial charge in [0, 0.05) is 31.6 Å². The lowest BCUT2D eigenvalue weighted by atomic mass is 9.63. The minimum atomic E-state index is -0.558. The molecule has 5 heterocycles. The Balaban J connectivity index is 1.38. The summed E-state index contributed by atoms with van der Waals surface area (Å²) in [5, 5.41) is 11.6. The summed E-state index contributed by atoms with van der Waals surface area (Å²) in [6.07, 6.45) is 8.01. The molecule has 2 aliphatic heterocycles. The lowest BCUT2D eigenvalue weighted by Crippen LogP contribution is -2.74. The van der Waals surface area contributed by atoms with Crippen LogP contribution in [0.2, 0.25) is 0 Å². The van der Waals surface area contributed by atoms with Crippen molar-refractivity contribution in [3.8, 4) is 17.1 Å². The molecule has 1 saturated carbocycles. The van der Waals surface area contributed by atoms with Gasteiger partial charge in [-0.3, -0.25) is 4.68 Å². The van der Waals surface area contributed by atoms with E-state index in [1.165, 1.54) is 0 Å². The molecule has 2 bridgehead atoms. The number of ether oxygens (including phenoxy) is 3. The maximum absolute atomic E-state index is 12.3. The number of aromatic nitrogens is 5. The number of carbonyl (C=O) groups excluding carboxylic acids is 1. The van der Waals surface area contributed by atoms with Crippen molar-refractivity contribution in [2.24, 2.45) is 7.05 Å². The van der Waals surface area contributed by atoms with Crippen molar-refractivity contribution in [2.75, 3.05) is 13.2 Å². The van der Waals surface area contributed by atoms with Crippen LogP contribution in [0.5, 0.6) is 5.88 Å². The highest BCUT2D eigenvalue weighted by atomic mass is 16.6. The molecule has 3 aromatic heterocycles. The normalized spacial score (nSPS) is 25.2. The smallest absolute Gasteiger partial charge is 0.408 e. The molecule has 164 valence electrons. The van der Waals surface area contributed by atoms with Gasteiger partial charge in [0.2, 0.25) is 5.88 Å². The Bertz CT molecular complexity index is 1140. The Morgan fingerprint density at radius 3 is 2.74 bits per heavy atom. The van der Waals surface area contributed by atoms with E-state index in [-0.39, 0.29) is 0 Å². The zero-order chi connectivity index (χ0) is 21.9. The summed E-state index contributed by atoms with van der Waals surface area (Å²) in [6.45, 7) is 6.39. The number of aryl methyl sites for hydroxylation is 1. The van der Waals surface area contributed by atoms with Crippen LogP contribution in [0, 0.1) is 0 Å². The average Bonchev–Trinajstić information content (AvgIpc) is 3.28. The van der Waals surface area contributed by atoms with Crippen LogP contribution in [-0.2, 0) is 16.5 Å². The van der Waals surface area contributed by atoms with Gasteiger partial charge in [-0.05, 0) is 26.8 Å². The van der Waals surface area contributed by atoms with E-state index in [0.717, 1.165) is 11.1 Å². The van der Waals surface area contributed by atoms with Gasteiger partial charge < -0.3 is 19.5 Å². The van der Waals surface area contributed by atoms with Gasteiger partial charge in [-0.2, -0.15) is 10.2 Å². The number of fused-ring (bicyclic) bond motifs is 3. The second-order valence-corrected chi connectivity index (χ2v) is 9.53. The van der Waals surface area contributed by atoms with Crippen LogP contribution in [0.1, 0.15) is 33.6 Å². The van der Waals surface area contributed by atoms with Gasteiger partial charge in [-0.25, -0.2) is 14.3 Å². The first kappa shape index (κ1) is 19.8. The summed E-state index contributed by atoms with van der Waals surface area (Å²) < 4.78 is 21.1. The second-order valence-electron chi connectivity index (χ2n) is 9.53. The first-order valence-corrected chi connectivity index (χ1v) is 10.3. The Kier molecular flexibility index (Phi) is 4.27. The Morgan fingerprint density at radius 2 is 2.03 bits per heavy atom. The van der Waals surface area contributed by atoms with Crippen molar-refractivity contribution in [3.05, 3.63) is 30.9 Å². The molecule has 31 heavy (non-hydrogen) atoms. The van der Waals surface area contributed by atoms with Gasteiger partial charge in [0.15, 0.2) is 0 Å². The van der Waals surface area contributed by atoms with Crippen LogP contribution in [0.4, 0.5) is 4.79 Å². The molecule has 3 aromatic rings. The van der Waals surface area contributed by atoms with E-state index in [9.17, 15) is 4.79 Å². The van der Waals surface area contributed by atoms with Crippen molar-refractivity contribution in [1.29, 1.82) is 0 Å². The monoisotopic (exact) mass is 426 g/mol. The van der Waals surface area contributed by atoms with Crippen LogP contribution >= 0.6 is 0 Å². The molecular weight excluding hydrogens is 400 g/mol. The Hall–Kier alpha value is -3.14. The minimum absolute atomic E-state index is 0.433. The zero-order valence-corrected chi connectivity index (χ0v) is 18.1. The third-order valence-electron chi connectivity index (χ3n) is 5.50. The molecule has 1 N–H and O–H groups in total. The van der Waals surface area contributed by atoms with Gasteiger partial charge in [0.1, 0.15) is 16.7 Å². The molecule has 2 saturated heterocycles. The van der Waals surface area contributed by atoms with Crippen LogP contribution in [-0.4, -0.2) is 60.4 Å². The largest absolute Gasteiger partial charge is 0.467 e. The molecule has 6 rings (SSSR count). The fourth-order valence-electron chi connectivity index (χ4n) is 4.43. The Morgan fingerprint density at radius 1 is 1.23 bits per heavy atom. The number of rotatable bonds is 4. The maximum atomic E-state index is 12.3. The van der Waals surface area contributed by atoms with Crippen molar-refractivity contribution < 1.29 is 19.0 Å². The summed E-state index contributed by atoms with van der Waals surface area (Å²) >= 11 is 0. The molecule has 0 aromatic carbocycles. The van der Waals surface area contributed by atoms with Crippen molar-refractivity contribution in [3.63, 3.8) is 0 Å². The van der Waals surface area contributed by atoms with Crippen LogP contribution in [0.15, 0.2) is 30.9 Å². The number of hydrogen-bond acceptors (Lipinski definition) is 7. The van der Waals surface area contributed by atoms with Crippen LogP contribution in [0.3, 0.4) is 0 Å².